The Morgan fingerprint density at radius 1 is 0.941 bits per heavy atom. The van der Waals surface area contributed by atoms with Gasteiger partial charge in [-0.15, -0.1) is 0 Å². The zero-order valence-corrected chi connectivity index (χ0v) is 19.5. The largest absolute Gasteiger partial charge is 0.496 e. The van der Waals surface area contributed by atoms with Gasteiger partial charge in [-0.3, -0.25) is 10.1 Å². The summed E-state index contributed by atoms with van der Waals surface area (Å²) >= 11 is 0. The monoisotopic (exact) mass is 490 g/mol. The van der Waals surface area contributed by atoms with E-state index in [1.807, 2.05) is 0 Å². The SMILES string of the molecule is COc1cc(OC)c(C(CNS(=O)(=O)c2ccc([N+](=O)[O-])cc2)c2ccc(F)cc2)c(OC)c1. The third kappa shape index (κ3) is 5.43. The first-order chi connectivity index (χ1) is 16.2. The summed E-state index contributed by atoms with van der Waals surface area (Å²) < 4.78 is 58.3. The van der Waals surface area contributed by atoms with E-state index in [1.165, 1.54) is 33.5 Å². The molecule has 0 aliphatic carbocycles. The predicted octanol–water partition coefficient (Wildman–Crippen LogP) is 3.87. The molecular weight excluding hydrogens is 467 g/mol. The molecule has 0 aliphatic heterocycles. The number of non-ortho nitro benzene ring substituents is 1. The van der Waals surface area contributed by atoms with E-state index in [0.29, 0.717) is 28.4 Å². The van der Waals surface area contributed by atoms with Crippen LogP contribution in [0.2, 0.25) is 0 Å². The average molecular weight is 491 g/mol. The minimum atomic E-state index is -4.03. The van der Waals surface area contributed by atoms with Gasteiger partial charge in [-0.2, -0.15) is 0 Å². The van der Waals surface area contributed by atoms with Crippen LogP contribution in [0.5, 0.6) is 17.2 Å². The molecule has 1 atom stereocenters. The molecule has 0 saturated heterocycles. The van der Waals surface area contributed by atoms with Crippen LogP contribution in [-0.2, 0) is 10.0 Å². The first-order valence-corrected chi connectivity index (χ1v) is 11.5. The van der Waals surface area contributed by atoms with Crippen LogP contribution in [-0.4, -0.2) is 41.2 Å². The Labute approximate surface area is 196 Å². The van der Waals surface area contributed by atoms with Gasteiger partial charge in [-0.05, 0) is 29.8 Å². The zero-order valence-electron chi connectivity index (χ0n) is 18.6. The number of hydrogen-bond donors (Lipinski definition) is 1. The molecule has 1 N–H and O–H groups in total. The molecule has 0 aliphatic rings. The molecule has 0 spiro atoms. The van der Waals surface area contributed by atoms with E-state index in [-0.39, 0.29) is 17.1 Å². The number of rotatable bonds is 10. The molecule has 0 aromatic heterocycles. The Morgan fingerprint density at radius 3 is 1.97 bits per heavy atom. The van der Waals surface area contributed by atoms with Crippen LogP contribution in [0.4, 0.5) is 10.1 Å². The van der Waals surface area contributed by atoms with E-state index in [9.17, 15) is 22.9 Å². The van der Waals surface area contributed by atoms with Gasteiger partial charge in [0.05, 0.1) is 31.1 Å². The lowest BCUT2D eigenvalue weighted by molar-refractivity contribution is -0.384. The summed E-state index contributed by atoms with van der Waals surface area (Å²) in [6.07, 6.45) is 0. The molecule has 0 amide bonds. The van der Waals surface area contributed by atoms with Gasteiger partial charge < -0.3 is 14.2 Å². The fourth-order valence-electron chi connectivity index (χ4n) is 3.48. The molecule has 9 nitrogen and oxygen atoms in total. The second kappa shape index (κ2) is 10.5. The van der Waals surface area contributed by atoms with Crippen molar-refractivity contribution in [2.24, 2.45) is 0 Å². The highest BCUT2D eigenvalue weighted by Crippen LogP contribution is 2.42. The Morgan fingerprint density at radius 2 is 1.50 bits per heavy atom. The molecule has 3 aromatic rings. The van der Waals surface area contributed by atoms with E-state index in [4.69, 9.17) is 14.2 Å². The van der Waals surface area contributed by atoms with Crippen LogP contribution in [0, 0.1) is 15.9 Å². The lowest BCUT2D eigenvalue weighted by atomic mass is 9.89. The molecule has 34 heavy (non-hydrogen) atoms. The first kappa shape index (κ1) is 24.9. The van der Waals surface area contributed by atoms with Crippen molar-refractivity contribution in [2.45, 2.75) is 10.8 Å². The number of halogens is 1. The van der Waals surface area contributed by atoms with Gasteiger partial charge in [0.1, 0.15) is 23.1 Å². The number of hydrogen-bond acceptors (Lipinski definition) is 7. The quantitative estimate of drug-likeness (QED) is 0.339. The van der Waals surface area contributed by atoms with Gasteiger partial charge in [-0.1, -0.05) is 12.1 Å². The van der Waals surface area contributed by atoms with Crippen molar-refractivity contribution in [2.75, 3.05) is 27.9 Å². The normalized spacial score (nSPS) is 12.1. The van der Waals surface area contributed by atoms with Gasteiger partial charge in [0.25, 0.3) is 5.69 Å². The third-order valence-electron chi connectivity index (χ3n) is 5.21. The summed E-state index contributed by atoms with van der Waals surface area (Å²) in [5.41, 5.74) is 0.911. The maximum atomic E-state index is 13.6. The molecule has 3 aromatic carbocycles. The topological polar surface area (TPSA) is 117 Å². The Kier molecular flexibility index (Phi) is 7.69. The number of methoxy groups -OCH3 is 3. The van der Waals surface area contributed by atoms with Crippen molar-refractivity contribution in [3.8, 4) is 17.2 Å². The van der Waals surface area contributed by atoms with Crippen molar-refractivity contribution in [3.05, 3.63) is 87.7 Å². The van der Waals surface area contributed by atoms with Crippen molar-refractivity contribution in [1.29, 1.82) is 0 Å². The Balaban J connectivity index is 2.03. The van der Waals surface area contributed by atoms with Crippen LogP contribution in [0.3, 0.4) is 0 Å². The summed E-state index contributed by atoms with van der Waals surface area (Å²) in [5.74, 6) is 0.175. The highest BCUT2D eigenvalue weighted by atomic mass is 32.2. The smallest absolute Gasteiger partial charge is 0.269 e. The van der Waals surface area contributed by atoms with E-state index >= 15 is 0 Å². The summed E-state index contributed by atoms with van der Waals surface area (Å²) in [4.78, 5) is 10.1. The van der Waals surface area contributed by atoms with Gasteiger partial charge in [0, 0.05) is 42.3 Å². The third-order valence-corrected chi connectivity index (χ3v) is 6.65. The second-order valence-corrected chi connectivity index (χ2v) is 8.92. The van der Waals surface area contributed by atoms with Crippen molar-refractivity contribution in [3.63, 3.8) is 0 Å². The first-order valence-electron chi connectivity index (χ1n) is 9.99. The molecule has 180 valence electrons. The predicted molar refractivity (Wildman–Crippen MR) is 123 cm³/mol. The number of benzene rings is 3. The molecule has 1 unspecified atom stereocenters. The number of nitro benzene ring substituents is 1. The molecule has 0 fully saturated rings. The van der Waals surface area contributed by atoms with Crippen LogP contribution < -0.4 is 18.9 Å². The van der Waals surface area contributed by atoms with Gasteiger partial charge in [0.15, 0.2) is 0 Å². The van der Waals surface area contributed by atoms with Gasteiger partial charge >= 0.3 is 0 Å². The highest BCUT2D eigenvalue weighted by Gasteiger charge is 2.27. The molecular formula is C23H23FN2O7S. The lowest BCUT2D eigenvalue weighted by Gasteiger charge is -2.24. The molecule has 0 radical (unpaired) electrons. The second-order valence-electron chi connectivity index (χ2n) is 7.15. The summed E-state index contributed by atoms with van der Waals surface area (Å²) in [6.45, 7) is -0.135. The number of nitrogens with zero attached hydrogens (tertiary/aromatic N) is 1. The summed E-state index contributed by atoms with van der Waals surface area (Å²) in [6, 6.07) is 13.4. The highest BCUT2D eigenvalue weighted by molar-refractivity contribution is 7.89. The van der Waals surface area contributed by atoms with Crippen molar-refractivity contribution in [1.82, 2.24) is 4.72 Å². The van der Waals surface area contributed by atoms with E-state index in [0.717, 1.165) is 24.3 Å². The molecule has 0 saturated carbocycles. The Bertz CT molecular complexity index is 1240. The van der Waals surface area contributed by atoms with Crippen molar-refractivity contribution < 1.29 is 31.9 Å². The van der Waals surface area contributed by atoms with Gasteiger partial charge in [-0.25, -0.2) is 17.5 Å². The molecule has 11 heteroatoms. The summed E-state index contributed by atoms with van der Waals surface area (Å²) in [5, 5.41) is 10.9. The number of sulfonamides is 1. The summed E-state index contributed by atoms with van der Waals surface area (Å²) in [7, 11) is 0.380. The van der Waals surface area contributed by atoms with Crippen LogP contribution in [0.25, 0.3) is 0 Å². The zero-order chi connectivity index (χ0) is 24.9. The van der Waals surface area contributed by atoms with E-state index < -0.39 is 26.7 Å². The maximum Gasteiger partial charge on any atom is 0.269 e. The standard InChI is InChI=1S/C23H23FN2O7S/c1-31-18-12-21(32-2)23(22(13-18)33-3)20(15-4-6-16(24)7-5-15)14-25-34(29,30)19-10-8-17(9-11-19)26(27)28/h4-13,20,25H,14H2,1-3H3. The van der Waals surface area contributed by atoms with Crippen LogP contribution >= 0.6 is 0 Å². The minimum absolute atomic E-state index is 0.135. The molecule has 0 bridgehead atoms. The average Bonchev–Trinajstić information content (AvgIpc) is 2.84. The van der Waals surface area contributed by atoms with Crippen molar-refractivity contribution >= 4 is 15.7 Å². The van der Waals surface area contributed by atoms with Crippen LogP contribution in [0.15, 0.2) is 65.6 Å². The fourth-order valence-corrected chi connectivity index (χ4v) is 4.53. The number of ether oxygens (including phenoxy) is 3. The molecule has 3 rings (SSSR count). The lowest BCUT2D eigenvalue weighted by Crippen LogP contribution is -2.29. The fraction of sp³-hybridized carbons (Fsp3) is 0.217. The number of nitro groups is 1. The van der Waals surface area contributed by atoms with E-state index in [2.05, 4.69) is 4.72 Å². The van der Waals surface area contributed by atoms with Gasteiger partial charge in [0.2, 0.25) is 10.0 Å². The molecule has 0 heterocycles. The number of nitrogens with one attached hydrogen (secondary N) is 1. The Hall–Kier alpha value is -3.70. The minimum Gasteiger partial charge on any atom is -0.496 e. The van der Waals surface area contributed by atoms with E-state index in [1.54, 1.807) is 24.3 Å². The van der Waals surface area contributed by atoms with Crippen LogP contribution in [0.1, 0.15) is 17.0 Å². The maximum absolute atomic E-state index is 13.6.